The van der Waals surface area contributed by atoms with E-state index in [9.17, 15) is 48.3 Å². The van der Waals surface area contributed by atoms with Crippen LogP contribution in [0.4, 0.5) is 4.39 Å². The summed E-state index contributed by atoms with van der Waals surface area (Å²) in [6.07, 6.45) is 5.23. The number of carbonyl (C=O) groups is 9. The second-order valence-electron chi connectivity index (χ2n) is 18.3. The molecule has 1 aliphatic carbocycles. The lowest BCUT2D eigenvalue weighted by Crippen LogP contribution is -2.52. The number of nitrogens with one attached hydrogen (secondary N) is 5. The molecule has 3 aliphatic heterocycles. The van der Waals surface area contributed by atoms with E-state index in [0.29, 0.717) is 60.0 Å². The van der Waals surface area contributed by atoms with Crippen LogP contribution < -0.4 is 26.6 Å². The molecule has 73 heavy (non-hydrogen) atoms. The number of aryl methyl sites for hydroxylation is 1. The topological polar surface area (TPSA) is 272 Å². The van der Waals surface area contributed by atoms with Crippen molar-refractivity contribution in [3.05, 3.63) is 106 Å². The molecule has 1 aromatic heterocycles. The van der Waals surface area contributed by atoms with Crippen LogP contribution in [0.5, 0.6) is 0 Å². The predicted octanol–water partition coefficient (Wildman–Crippen LogP) is 1.69. The van der Waals surface area contributed by atoms with E-state index in [4.69, 9.17) is 14.5 Å². The SMILES string of the molecule is C=C1c2nc3cc(F)c(C)c4c3c(c2CN1C(=O)C1=C(C)[C@@](O)(CC)C(=O)OC1)C(COCNC(=O)CNC(=O)[C@H](Cc1ccccc1)NC(=O)CNC(=O)CNC(=O)CCCCCN1C(=O)C=CC1=O)CC4. The van der Waals surface area contributed by atoms with Gasteiger partial charge in [0.1, 0.15) is 25.2 Å². The highest BCUT2D eigenvalue weighted by atomic mass is 19.1. The number of hydrogen-bond acceptors (Lipinski definition) is 13. The van der Waals surface area contributed by atoms with E-state index in [2.05, 4.69) is 33.2 Å². The van der Waals surface area contributed by atoms with Crippen LogP contribution in [-0.4, -0.2) is 131 Å². The molecule has 4 aliphatic rings. The largest absolute Gasteiger partial charge is 0.458 e. The number of cyclic esters (lactones) is 1. The van der Waals surface area contributed by atoms with Gasteiger partial charge >= 0.3 is 5.97 Å². The Morgan fingerprint density at radius 1 is 0.918 bits per heavy atom. The Morgan fingerprint density at radius 3 is 2.33 bits per heavy atom. The predicted molar refractivity (Wildman–Crippen MR) is 260 cm³/mol. The zero-order valence-electron chi connectivity index (χ0n) is 41.0. The summed E-state index contributed by atoms with van der Waals surface area (Å²) >= 11 is 0. The molecule has 6 N–H and O–H groups in total. The number of ether oxygens (including phenoxy) is 2. The van der Waals surface area contributed by atoms with Gasteiger partial charge in [-0.1, -0.05) is 50.3 Å². The molecule has 0 radical (unpaired) electrons. The van der Waals surface area contributed by atoms with Gasteiger partial charge in [-0.15, -0.1) is 0 Å². The molecular weight excluding hydrogens is 948 g/mol. The lowest BCUT2D eigenvalue weighted by Gasteiger charge is -2.33. The van der Waals surface area contributed by atoms with E-state index in [0.717, 1.165) is 21.4 Å². The molecule has 1 unspecified atom stereocenters. The molecule has 0 saturated carbocycles. The summed E-state index contributed by atoms with van der Waals surface area (Å²) < 4.78 is 26.5. The van der Waals surface area contributed by atoms with Crippen molar-refractivity contribution in [2.45, 2.75) is 96.2 Å². The number of aliphatic hydroxyl groups is 1. The molecular formula is C52H59FN8O12. The summed E-state index contributed by atoms with van der Waals surface area (Å²) in [4.78, 5) is 121. The second-order valence-corrected chi connectivity index (χ2v) is 18.3. The van der Waals surface area contributed by atoms with Crippen molar-refractivity contribution < 1.29 is 62.1 Å². The van der Waals surface area contributed by atoms with Crippen molar-refractivity contribution >= 4 is 69.8 Å². The molecule has 3 atom stereocenters. The van der Waals surface area contributed by atoms with Crippen molar-refractivity contribution in [3.63, 3.8) is 0 Å². The van der Waals surface area contributed by atoms with Gasteiger partial charge in [0, 0.05) is 54.5 Å². The first-order chi connectivity index (χ1) is 34.9. The van der Waals surface area contributed by atoms with Crippen molar-refractivity contribution in [2.24, 2.45) is 0 Å². The number of rotatable bonds is 22. The van der Waals surface area contributed by atoms with Gasteiger partial charge in [-0.2, -0.15) is 0 Å². The molecule has 2 aromatic carbocycles. The Hall–Kier alpha value is -7.65. The quantitative estimate of drug-likeness (QED) is 0.0363. The number of fused-ring (bicyclic) bond motifs is 2. The summed E-state index contributed by atoms with van der Waals surface area (Å²) in [6, 6.07) is 9.07. The third-order valence-electron chi connectivity index (χ3n) is 13.7. The van der Waals surface area contributed by atoms with Gasteiger partial charge in [-0.05, 0) is 73.8 Å². The number of amides is 8. The minimum atomic E-state index is -1.95. The minimum absolute atomic E-state index is 0.00352. The van der Waals surface area contributed by atoms with Crippen LogP contribution in [0.3, 0.4) is 0 Å². The molecule has 0 bridgehead atoms. The number of imide groups is 1. The summed E-state index contributed by atoms with van der Waals surface area (Å²) in [5.41, 5.74) is 2.93. The van der Waals surface area contributed by atoms with Crippen LogP contribution >= 0.6 is 0 Å². The van der Waals surface area contributed by atoms with Gasteiger partial charge in [0.05, 0.1) is 55.3 Å². The van der Waals surface area contributed by atoms with Crippen molar-refractivity contribution in [1.82, 2.24) is 41.4 Å². The molecule has 0 spiro atoms. The summed E-state index contributed by atoms with van der Waals surface area (Å²) in [5.74, 6) is -5.76. The molecule has 0 saturated heterocycles. The van der Waals surface area contributed by atoms with Crippen LogP contribution in [0.15, 0.2) is 66.3 Å². The third kappa shape index (κ3) is 12.0. The van der Waals surface area contributed by atoms with E-state index in [1.165, 1.54) is 30.0 Å². The Bertz CT molecular complexity index is 2810. The van der Waals surface area contributed by atoms with Gasteiger partial charge in [-0.25, -0.2) is 14.2 Å². The number of pyridine rings is 1. The molecule has 20 nitrogen and oxygen atoms in total. The first-order valence-electron chi connectivity index (χ1n) is 24.2. The highest BCUT2D eigenvalue weighted by Gasteiger charge is 2.46. The standard InChI is InChI=1S/C52H59FN8O12/c1-5-52(71)30(3)36(27-73-51(52)70)50(69)61-25-35-46-33(15-16-34-29(2)37(53)21-38(47(34)46)59-48(35)31(61)4)26-72-28-57-42(64)23-56-49(68)39(20-32-12-8-6-9-13-32)58-43(65)24-55-41(63)22-54-40(62)14-10-7-11-19-60-44(66)17-18-45(60)67/h6,8-9,12-13,17-18,21,33,39,71H,4-5,7,10-11,14-16,19-20,22-28H2,1-3H3,(H,54,62)(H,55,63)(H,56,68)(H,57,64)(H,58,65)/t33?,39-,52-/m0/s1. The fourth-order valence-electron chi connectivity index (χ4n) is 9.45. The average Bonchev–Trinajstić information content (AvgIpc) is 3.89. The highest BCUT2D eigenvalue weighted by Crippen LogP contribution is 2.46. The van der Waals surface area contributed by atoms with E-state index < -0.39 is 78.5 Å². The molecule has 0 fully saturated rings. The van der Waals surface area contributed by atoms with Gasteiger partial charge in [0.2, 0.25) is 29.5 Å². The number of esters is 1. The number of nitrogens with zero attached hydrogens (tertiary/aromatic N) is 3. The maximum atomic E-state index is 15.3. The van der Waals surface area contributed by atoms with Crippen LogP contribution in [0.2, 0.25) is 0 Å². The number of unbranched alkanes of at least 4 members (excludes halogenated alkanes) is 2. The smallest absolute Gasteiger partial charge is 0.342 e. The number of aromatic nitrogens is 1. The zero-order chi connectivity index (χ0) is 52.6. The fourth-order valence-corrected chi connectivity index (χ4v) is 9.45. The normalized spacial score (nSPS) is 18.4. The Morgan fingerprint density at radius 2 is 1.60 bits per heavy atom. The molecule has 8 amide bonds. The summed E-state index contributed by atoms with van der Waals surface area (Å²) in [5, 5.41) is 24.5. The third-order valence-corrected chi connectivity index (χ3v) is 13.7. The van der Waals surface area contributed by atoms with Crippen molar-refractivity contribution in [2.75, 3.05) is 46.1 Å². The first kappa shape index (κ1) is 53.2. The highest BCUT2D eigenvalue weighted by molar-refractivity contribution is 6.13. The van der Waals surface area contributed by atoms with Gasteiger partial charge in [0.15, 0.2) is 5.60 Å². The number of halogens is 1. The molecule has 386 valence electrons. The fraction of sp³-hybridized carbons (Fsp3) is 0.423. The van der Waals surface area contributed by atoms with Crippen molar-refractivity contribution in [1.29, 1.82) is 0 Å². The Labute approximate surface area is 420 Å². The Balaban J connectivity index is 0.895. The van der Waals surface area contributed by atoms with E-state index in [-0.39, 0.29) is 86.9 Å². The lowest BCUT2D eigenvalue weighted by atomic mass is 9.78. The van der Waals surface area contributed by atoms with Gasteiger partial charge < -0.3 is 46.1 Å². The maximum absolute atomic E-state index is 15.3. The summed E-state index contributed by atoms with van der Waals surface area (Å²) in [6.45, 7) is 7.52. The average molecular weight is 1010 g/mol. The van der Waals surface area contributed by atoms with E-state index in [1.807, 2.05) is 0 Å². The Kier molecular flexibility index (Phi) is 16.9. The molecule has 4 heterocycles. The number of benzene rings is 2. The zero-order valence-corrected chi connectivity index (χ0v) is 41.0. The minimum Gasteiger partial charge on any atom is -0.458 e. The lowest BCUT2D eigenvalue weighted by molar-refractivity contribution is -0.163. The van der Waals surface area contributed by atoms with Crippen LogP contribution in [0, 0.1) is 12.7 Å². The maximum Gasteiger partial charge on any atom is 0.342 e. The molecule has 7 rings (SSSR count). The van der Waals surface area contributed by atoms with Gasteiger partial charge in [-0.3, -0.25) is 43.3 Å². The second kappa shape index (κ2) is 23.3. The van der Waals surface area contributed by atoms with Gasteiger partial charge in [0.25, 0.3) is 17.7 Å². The van der Waals surface area contributed by atoms with Crippen molar-refractivity contribution in [3.8, 4) is 0 Å². The molecule has 21 heteroatoms. The van der Waals surface area contributed by atoms with E-state index >= 15 is 4.39 Å². The monoisotopic (exact) mass is 1010 g/mol. The number of carbonyl (C=O) groups excluding carboxylic acids is 9. The van der Waals surface area contributed by atoms with E-state index in [1.54, 1.807) is 44.2 Å². The molecule has 3 aromatic rings. The van der Waals surface area contributed by atoms with Crippen LogP contribution in [-0.2, 0) is 72.0 Å². The first-order valence-corrected chi connectivity index (χ1v) is 24.2. The van der Waals surface area contributed by atoms with Crippen LogP contribution in [0.25, 0.3) is 16.6 Å². The van der Waals surface area contributed by atoms with Crippen LogP contribution in [0.1, 0.15) is 91.8 Å². The number of hydrogen-bond donors (Lipinski definition) is 6. The summed E-state index contributed by atoms with van der Waals surface area (Å²) in [7, 11) is 0.